The molecule has 0 spiro atoms. The Balaban J connectivity index is 3.02. The molecular weight excluding hydrogens is 260 g/mol. The van der Waals surface area contributed by atoms with Gasteiger partial charge in [-0.1, -0.05) is 5.11 Å². The Labute approximate surface area is 119 Å². The second-order valence-electron chi connectivity index (χ2n) is 6.30. The quantitative estimate of drug-likeness (QED) is 0.487. The molecular formula is C13H24N4O3. The summed E-state index contributed by atoms with van der Waals surface area (Å²) in [4.78, 5) is 15.9. The first-order valence-electron chi connectivity index (χ1n) is 6.86. The van der Waals surface area contributed by atoms with E-state index < -0.39 is 11.6 Å². The predicted octanol–water partition coefficient (Wildman–Crippen LogP) is 3.26. The predicted molar refractivity (Wildman–Crippen MR) is 75.6 cm³/mol. The SMILES string of the molecule is COC[C@H]1CC[C@H](N=[N+]=[N-])[C@H](N(C(=O)O)C(C)(C)C)C1. The number of amides is 1. The van der Waals surface area contributed by atoms with Crippen LogP contribution in [0.15, 0.2) is 5.11 Å². The largest absolute Gasteiger partial charge is 0.465 e. The number of azide groups is 1. The van der Waals surface area contributed by atoms with E-state index in [1.807, 2.05) is 20.8 Å². The van der Waals surface area contributed by atoms with Gasteiger partial charge in [0.25, 0.3) is 0 Å². The Morgan fingerprint density at radius 3 is 2.60 bits per heavy atom. The van der Waals surface area contributed by atoms with Crippen LogP contribution in [-0.4, -0.2) is 47.4 Å². The van der Waals surface area contributed by atoms with Crippen molar-refractivity contribution in [2.75, 3.05) is 13.7 Å². The lowest BCUT2D eigenvalue weighted by Gasteiger charge is -2.45. The molecule has 1 N–H and O–H groups in total. The van der Waals surface area contributed by atoms with Gasteiger partial charge in [0.15, 0.2) is 0 Å². The summed E-state index contributed by atoms with van der Waals surface area (Å²) in [6, 6.07) is -0.597. The van der Waals surface area contributed by atoms with Gasteiger partial charge in [-0.2, -0.15) is 0 Å². The zero-order chi connectivity index (χ0) is 15.3. The van der Waals surface area contributed by atoms with Gasteiger partial charge >= 0.3 is 6.09 Å². The third-order valence-corrected chi connectivity index (χ3v) is 3.75. The molecule has 1 fully saturated rings. The second-order valence-corrected chi connectivity index (χ2v) is 6.30. The minimum atomic E-state index is -0.973. The maximum Gasteiger partial charge on any atom is 0.407 e. The van der Waals surface area contributed by atoms with Crippen molar-refractivity contribution in [3.05, 3.63) is 10.4 Å². The average molecular weight is 284 g/mol. The fourth-order valence-corrected chi connectivity index (χ4v) is 3.01. The molecule has 0 aromatic heterocycles. The molecule has 1 amide bonds. The van der Waals surface area contributed by atoms with Crippen LogP contribution in [0.3, 0.4) is 0 Å². The summed E-state index contributed by atoms with van der Waals surface area (Å²) in [5, 5.41) is 13.3. The van der Waals surface area contributed by atoms with Crippen LogP contribution in [0.25, 0.3) is 10.4 Å². The fraction of sp³-hybridized carbons (Fsp3) is 0.923. The number of carbonyl (C=O) groups is 1. The number of carboxylic acid groups (broad SMARTS) is 1. The Morgan fingerprint density at radius 2 is 2.15 bits per heavy atom. The Bertz CT molecular complexity index is 388. The lowest BCUT2D eigenvalue weighted by atomic mass is 9.81. The number of ether oxygens (including phenoxy) is 1. The highest BCUT2D eigenvalue weighted by atomic mass is 16.5. The molecule has 7 nitrogen and oxygen atoms in total. The normalized spacial score (nSPS) is 26.7. The second kappa shape index (κ2) is 6.81. The van der Waals surface area contributed by atoms with Crippen LogP contribution in [0.5, 0.6) is 0 Å². The highest BCUT2D eigenvalue weighted by Crippen LogP contribution is 2.33. The Kier molecular flexibility index (Phi) is 5.65. The molecule has 20 heavy (non-hydrogen) atoms. The topological polar surface area (TPSA) is 98.5 Å². The third-order valence-electron chi connectivity index (χ3n) is 3.75. The number of rotatable bonds is 4. The highest BCUT2D eigenvalue weighted by molar-refractivity contribution is 5.66. The summed E-state index contributed by atoms with van der Waals surface area (Å²) in [6.45, 7) is 6.17. The summed E-state index contributed by atoms with van der Waals surface area (Å²) in [5.41, 5.74) is 8.16. The molecule has 114 valence electrons. The molecule has 0 radical (unpaired) electrons. The maximum atomic E-state index is 11.6. The molecule has 1 aliphatic carbocycles. The first kappa shape index (κ1) is 16.6. The molecule has 7 heteroatoms. The Morgan fingerprint density at radius 1 is 1.50 bits per heavy atom. The van der Waals surface area contributed by atoms with Crippen LogP contribution < -0.4 is 0 Å². The van der Waals surface area contributed by atoms with Crippen molar-refractivity contribution < 1.29 is 14.6 Å². The number of hydrogen-bond acceptors (Lipinski definition) is 3. The number of hydrogen-bond donors (Lipinski definition) is 1. The van der Waals surface area contributed by atoms with Gasteiger partial charge < -0.3 is 14.7 Å². The fourth-order valence-electron chi connectivity index (χ4n) is 3.01. The summed E-state index contributed by atoms with van der Waals surface area (Å²) in [5.74, 6) is 0.305. The van der Waals surface area contributed by atoms with Gasteiger partial charge in [-0.3, -0.25) is 0 Å². The smallest absolute Gasteiger partial charge is 0.407 e. The van der Waals surface area contributed by atoms with Crippen LogP contribution in [0, 0.1) is 5.92 Å². The average Bonchev–Trinajstić information content (AvgIpc) is 2.30. The molecule has 0 bridgehead atoms. The van der Waals surface area contributed by atoms with Crippen molar-refractivity contribution in [2.24, 2.45) is 11.0 Å². The molecule has 0 aliphatic heterocycles. The van der Waals surface area contributed by atoms with Gasteiger partial charge in [-0.25, -0.2) is 4.79 Å². The van der Waals surface area contributed by atoms with E-state index in [0.29, 0.717) is 25.4 Å². The van der Waals surface area contributed by atoms with E-state index in [1.165, 1.54) is 4.90 Å². The van der Waals surface area contributed by atoms with Crippen molar-refractivity contribution in [1.29, 1.82) is 0 Å². The lowest BCUT2D eigenvalue weighted by Crippen LogP contribution is -2.57. The zero-order valence-electron chi connectivity index (χ0n) is 12.6. The summed E-state index contributed by atoms with van der Waals surface area (Å²) in [6.07, 6.45) is 1.29. The van der Waals surface area contributed by atoms with E-state index in [2.05, 4.69) is 10.0 Å². The van der Waals surface area contributed by atoms with Crippen molar-refractivity contribution in [3.8, 4) is 0 Å². The van der Waals surface area contributed by atoms with E-state index in [0.717, 1.165) is 6.42 Å². The standard InChI is InChI=1S/C13H24N4O3/c1-13(2,3)17(12(18)19)11-7-9(8-20-4)5-6-10(11)15-16-14/h9-11H,5-8H2,1-4H3,(H,18,19)/t9-,10-,11+/m0/s1. The molecule has 0 aromatic carbocycles. The third kappa shape index (κ3) is 4.02. The van der Waals surface area contributed by atoms with E-state index >= 15 is 0 Å². The first-order chi connectivity index (χ1) is 9.31. The minimum absolute atomic E-state index is 0.294. The van der Waals surface area contributed by atoms with Crippen molar-refractivity contribution in [3.63, 3.8) is 0 Å². The maximum absolute atomic E-state index is 11.6. The molecule has 0 saturated heterocycles. The molecule has 3 atom stereocenters. The van der Waals surface area contributed by atoms with Crippen LogP contribution >= 0.6 is 0 Å². The van der Waals surface area contributed by atoms with Crippen molar-refractivity contribution in [2.45, 2.75) is 57.7 Å². The van der Waals surface area contributed by atoms with Gasteiger partial charge in [0.2, 0.25) is 0 Å². The van der Waals surface area contributed by atoms with E-state index in [1.54, 1.807) is 7.11 Å². The molecule has 0 unspecified atom stereocenters. The van der Waals surface area contributed by atoms with Gasteiger partial charge in [0.1, 0.15) is 0 Å². The van der Waals surface area contributed by atoms with E-state index in [9.17, 15) is 9.90 Å². The van der Waals surface area contributed by atoms with Gasteiger partial charge in [0, 0.05) is 30.2 Å². The molecule has 0 heterocycles. The van der Waals surface area contributed by atoms with Crippen molar-refractivity contribution in [1.82, 2.24) is 4.90 Å². The minimum Gasteiger partial charge on any atom is -0.465 e. The first-order valence-corrected chi connectivity index (χ1v) is 6.86. The van der Waals surface area contributed by atoms with Crippen LogP contribution in [-0.2, 0) is 4.74 Å². The Hall–Kier alpha value is -1.46. The summed E-state index contributed by atoms with van der Waals surface area (Å²) >= 11 is 0. The van der Waals surface area contributed by atoms with Crippen molar-refractivity contribution >= 4 is 6.09 Å². The molecule has 0 aromatic rings. The number of nitrogens with zero attached hydrogens (tertiary/aromatic N) is 4. The van der Waals surface area contributed by atoms with Crippen LogP contribution in [0.4, 0.5) is 4.79 Å². The number of methoxy groups -OCH3 is 1. The molecule has 1 aliphatic rings. The van der Waals surface area contributed by atoms with Gasteiger partial charge in [-0.05, 0) is 51.5 Å². The van der Waals surface area contributed by atoms with Gasteiger partial charge in [-0.15, -0.1) is 0 Å². The summed E-state index contributed by atoms with van der Waals surface area (Å²) < 4.78 is 5.18. The highest BCUT2D eigenvalue weighted by Gasteiger charge is 2.41. The zero-order valence-corrected chi connectivity index (χ0v) is 12.6. The monoisotopic (exact) mass is 284 g/mol. The van der Waals surface area contributed by atoms with E-state index in [4.69, 9.17) is 10.3 Å². The molecule has 1 rings (SSSR count). The van der Waals surface area contributed by atoms with Crippen LogP contribution in [0.1, 0.15) is 40.0 Å². The lowest BCUT2D eigenvalue weighted by molar-refractivity contribution is 0.0255. The molecule has 1 saturated carbocycles. The summed E-state index contributed by atoms with van der Waals surface area (Å²) in [7, 11) is 1.65. The van der Waals surface area contributed by atoms with Crippen LogP contribution in [0.2, 0.25) is 0 Å². The van der Waals surface area contributed by atoms with Gasteiger partial charge in [0.05, 0.1) is 6.04 Å². The van der Waals surface area contributed by atoms with E-state index in [-0.39, 0.29) is 12.1 Å².